The number of aryl methyl sites for hydroxylation is 1. The molecule has 0 saturated carbocycles. The predicted molar refractivity (Wildman–Crippen MR) is 110 cm³/mol. The number of imidazole rings is 1. The highest BCUT2D eigenvalue weighted by atomic mass is 19.4. The van der Waals surface area contributed by atoms with Crippen molar-refractivity contribution in [2.75, 3.05) is 20.3 Å². The number of hydrogen-bond acceptors (Lipinski definition) is 6. The van der Waals surface area contributed by atoms with Gasteiger partial charge in [0.25, 0.3) is 0 Å². The minimum absolute atomic E-state index is 0.0275. The number of alkyl halides is 3. The Balaban J connectivity index is 1.84. The standard InChI is InChI=1S/C21H17F5N6O2/c1-32-10-28-18(19(32)16-13(23)8-12(22)9-15(16)34-6-5-33-2)14-7-11(3-4-27-14)17-20(21(24,25)26)30-31-29-17/h3-4,7-10H,5-6H2,1-2H3,(H,29,30,31). The molecule has 0 atom stereocenters. The molecule has 1 N–H and O–H groups in total. The first kappa shape index (κ1) is 23.3. The van der Waals surface area contributed by atoms with Crippen LogP contribution in [0.5, 0.6) is 5.75 Å². The topological polar surface area (TPSA) is 90.7 Å². The van der Waals surface area contributed by atoms with Gasteiger partial charge in [0.15, 0.2) is 5.69 Å². The summed E-state index contributed by atoms with van der Waals surface area (Å²) < 4.78 is 80.7. The summed E-state index contributed by atoms with van der Waals surface area (Å²) >= 11 is 0. The van der Waals surface area contributed by atoms with E-state index in [9.17, 15) is 22.0 Å². The molecule has 0 radical (unpaired) electrons. The Labute approximate surface area is 189 Å². The van der Waals surface area contributed by atoms with Crippen LogP contribution in [0.15, 0.2) is 36.8 Å². The Hall–Kier alpha value is -3.87. The summed E-state index contributed by atoms with van der Waals surface area (Å²) in [5.41, 5.74) is -1.17. The number of hydrogen-bond donors (Lipinski definition) is 1. The summed E-state index contributed by atoms with van der Waals surface area (Å²) in [5.74, 6) is -1.85. The number of methoxy groups -OCH3 is 1. The molecular formula is C21H17F5N6O2. The normalized spacial score (nSPS) is 11.7. The third-order valence-corrected chi connectivity index (χ3v) is 4.83. The highest BCUT2D eigenvalue weighted by molar-refractivity contribution is 5.82. The molecule has 178 valence electrons. The van der Waals surface area contributed by atoms with Gasteiger partial charge in [0.1, 0.15) is 35.4 Å². The lowest BCUT2D eigenvalue weighted by atomic mass is 10.0. The smallest absolute Gasteiger partial charge is 0.437 e. The molecule has 1 aromatic carbocycles. The number of halogens is 5. The van der Waals surface area contributed by atoms with E-state index in [2.05, 4.69) is 20.2 Å². The number of pyridine rings is 1. The van der Waals surface area contributed by atoms with Gasteiger partial charge in [0.05, 0.1) is 29.9 Å². The molecule has 0 amide bonds. The van der Waals surface area contributed by atoms with Crippen LogP contribution in [-0.4, -0.2) is 50.3 Å². The second-order valence-corrected chi connectivity index (χ2v) is 7.10. The summed E-state index contributed by atoms with van der Waals surface area (Å²) in [7, 11) is 3.03. The molecule has 3 heterocycles. The largest absolute Gasteiger partial charge is 0.490 e. The Morgan fingerprint density at radius 3 is 2.56 bits per heavy atom. The zero-order chi connectivity index (χ0) is 24.5. The first-order valence-electron chi connectivity index (χ1n) is 9.78. The summed E-state index contributed by atoms with van der Waals surface area (Å²) in [6.45, 7) is 0.207. The van der Waals surface area contributed by atoms with Crippen molar-refractivity contribution in [1.29, 1.82) is 0 Å². The van der Waals surface area contributed by atoms with Gasteiger partial charge in [-0.15, -0.1) is 0 Å². The summed E-state index contributed by atoms with van der Waals surface area (Å²) in [4.78, 5) is 8.44. The number of H-pyrrole nitrogens is 1. The van der Waals surface area contributed by atoms with Gasteiger partial charge in [0, 0.05) is 38.1 Å². The van der Waals surface area contributed by atoms with E-state index in [0.717, 1.165) is 6.07 Å². The number of ether oxygens (including phenoxy) is 2. The second kappa shape index (κ2) is 9.17. The van der Waals surface area contributed by atoms with Crippen LogP contribution in [0.2, 0.25) is 0 Å². The molecule has 0 saturated heterocycles. The fourth-order valence-electron chi connectivity index (χ4n) is 3.38. The van der Waals surface area contributed by atoms with Crippen LogP contribution in [0.4, 0.5) is 22.0 Å². The molecule has 4 aromatic rings. The summed E-state index contributed by atoms with van der Waals surface area (Å²) in [5, 5.41) is 8.78. The molecular weight excluding hydrogens is 463 g/mol. The van der Waals surface area contributed by atoms with Gasteiger partial charge in [-0.1, -0.05) is 0 Å². The molecule has 8 nitrogen and oxygen atoms in total. The van der Waals surface area contributed by atoms with Crippen LogP contribution in [0.1, 0.15) is 5.69 Å². The molecule has 0 aliphatic carbocycles. The maximum absolute atomic E-state index is 15.0. The lowest BCUT2D eigenvalue weighted by molar-refractivity contribution is -0.140. The van der Waals surface area contributed by atoms with Gasteiger partial charge in [-0.2, -0.15) is 28.6 Å². The van der Waals surface area contributed by atoms with Gasteiger partial charge >= 0.3 is 6.18 Å². The maximum atomic E-state index is 15.0. The van der Waals surface area contributed by atoms with Crippen molar-refractivity contribution in [2.45, 2.75) is 6.18 Å². The van der Waals surface area contributed by atoms with E-state index < -0.39 is 29.2 Å². The molecule has 0 fully saturated rings. The molecule has 13 heteroatoms. The fraction of sp³-hybridized carbons (Fsp3) is 0.238. The highest BCUT2D eigenvalue weighted by Crippen LogP contribution is 2.40. The molecule has 0 bridgehead atoms. The van der Waals surface area contributed by atoms with Crippen LogP contribution in [0, 0.1) is 11.6 Å². The van der Waals surface area contributed by atoms with Gasteiger partial charge in [0.2, 0.25) is 0 Å². The van der Waals surface area contributed by atoms with Gasteiger partial charge in [-0.3, -0.25) is 4.98 Å². The number of aromatic nitrogens is 6. The van der Waals surface area contributed by atoms with E-state index >= 15 is 0 Å². The molecule has 0 aliphatic heterocycles. The number of nitrogens with one attached hydrogen (secondary N) is 1. The fourth-order valence-corrected chi connectivity index (χ4v) is 3.38. The van der Waals surface area contributed by atoms with Crippen LogP contribution in [0.3, 0.4) is 0 Å². The Kier molecular flexibility index (Phi) is 6.28. The average molecular weight is 480 g/mol. The van der Waals surface area contributed by atoms with Crippen molar-refractivity contribution >= 4 is 0 Å². The average Bonchev–Trinajstić information content (AvgIpc) is 3.41. The third-order valence-electron chi connectivity index (χ3n) is 4.83. The van der Waals surface area contributed by atoms with Crippen molar-refractivity contribution in [2.24, 2.45) is 7.05 Å². The lowest BCUT2D eigenvalue weighted by Gasteiger charge is -2.14. The molecule has 0 spiro atoms. The SMILES string of the molecule is COCCOc1cc(F)cc(F)c1-c1c(-c2cc(-c3n[nH]nc3C(F)(F)F)ccn2)ncn1C. The first-order chi connectivity index (χ1) is 16.2. The van der Waals surface area contributed by atoms with E-state index in [-0.39, 0.29) is 47.2 Å². The number of benzene rings is 1. The number of rotatable bonds is 7. The first-order valence-corrected chi connectivity index (χ1v) is 9.78. The zero-order valence-electron chi connectivity index (χ0n) is 17.8. The van der Waals surface area contributed by atoms with Crippen molar-refractivity contribution < 1.29 is 31.4 Å². The monoisotopic (exact) mass is 480 g/mol. The molecule has 34 heavy (non-hydrogen) atoms. The van der Waals surface area contributed by atoms with E-state index in [0.29, 0.717) is 6.07 Å². The highest BCUT2D eigenvalue weighted by Gasteiger charge is 2.38. The Morgan fingerprint density at radius 1 is 1.03 bits per heavy atom. The van der Waals surface area contributed by atoms with Crippen LogP contribution in [0.25, 0.3) is 33.9 Å². The minimum Gasteiger partial charge on any atom is -0.490 e. The Bertz CT molecular complexity index is 1320. The lowest BCUT2D eigenvalue weighted by Crippen LogP contribution is -2.08. The van der Waals surface area contributed by atoms with Crippen LogP contribution >= 0.6 is 0 Å². The molecule has 4 rings (SSSR count). The van der Waals surface area contributed by atoms with Crippen LogP contribution < -0.4 is 4.74 Å². The Morgan fingerprint density at radius 2 is 1.82 bits per heavy atom. The van der Waals surface area contributed by atoms with Gasteiger partial charge < -0.3 is 14.0 Å². The van der Waals surface area contributed by atoms with Crippen LogP contribution in [-0.2, 0) is 18.0 Å². The molecule has 0 aliphatic rings. The number of aromatic amines is 1. The summed E-state index contributed by atoms with van der Waals surface area (Å²) in [6.07, 6.45) is -2.08. The summed E-state index contributed by atoms with van der Waals surface area (Å²) in [6, 6.07) is 4.38. The number of nitrogens with zero attached hydrogens (tertiary/aromatic N) is 5. The van der Waals surface area contributed by atoms with Crippen molar-refractivity contribution in [3.8, 4) is 39.7 Å². The van der Waals surface area contributed by atoms with Crippen molar-refractivity contribution in [1.82, 2.24) is 29.9 Å². The van der Waals surface area contributed by atoms with E-state index in [1.807, 2.05) is 5.21 Å². The van der Waals surface area contributed by atoms with E-state index in [1.165, 1.54) is 36.3 Å². The third kappa shape index (κ3) is 4.46. The van der Waals surface area contributed by atoms with Gasteiger partial charge in [-0.25, -0.2) is 13.8 Å². The van der Waals surface area contributed by atoms with Crippen molar-refractivity contribution in [3.63, 3.8) is 0 Å². The quantitative estimate of drug-likeness (QED) is 0.314. The minimum atomic E-state index is -4.73. The molecule has 0 unspecified atom stereocenters. The maximum Gasteiger partial charge on any atom is 0.437 e. The zero-order valence-corrected chi connectivity index (χ0v) is 17.8. The van der Waals surface area contributed by atoms with E-state index in [4.69, 9.17) is 9.47 Å². The van der Waals surface area contributed by atoms with Gasteiger partial charge in [-0.05, 0) is 12.1 Å². The molecule has 3 aromatic heterocycles. The van der Waals surface area contributed by atoms with E-state index in [1.54, 1.807) is 7.05 Å². The second-order valence-electron chi connectivity index (χ2n) is 7.10. The predicted octanol–water partition coefficient (Wildman–Crippen LogP) is 4.26. The van der Waals surface area contributed by atoms with Crippen molar-refractivity contribution in [3.05, 3.63) is 54.1 Å².